The molecule has 0 heterocycles. The monoisotopic (exact) mass is 214 g/mol. The second kappa shape index (κ2) is 6.20. The zero-order valence-corrected chi connectivity index (χ0v) is 8.27. The number of aliphatic hydroxyl groups excluding tert-OH is 1. The van der Waals surface area contributed by atoms with E-state index < -0.39 is 14.3 Å². The predicted octanol–water partition coefficient (Wildman–Crippen LogP) is -1.54. The molecule has 1 atom stereocenters. The quantitative estimate of drug-likeness (QED) is 0.231. The molecule has 0 aromatic rings. The Labute approximate surface area is 76.5 Å². The molecule has 0 rings (SSSR count). The fraction of sp³-hybridized carbons (Fsp3) is 0.800. The van der Waals surface area contributed by atoms with Gasteiger partial charge in [0.05, 0.1) is 0 Å². The van der Waals surface area contributed by atoms with E-state index in [0.29, 0.717) is 0 Å². The van der Waals surface area contributed by atoms with Gasteiger partial charge in [-0.15, -0.1) is 0 Å². The van der Waals surface area contributed by atoms with Crippen molar-refractivity contribution in [3.63, 3.8) is 0 Å². The van der Waals surface area contributed by atoms with Crippen molar-refractivity contribution in [3.8, 4) is 0 Å². The topological polar surface area (TPSA) is 114 Å². The van der Waals surface area contributed by atoms with Crippen molar-refractivity contribution >= 4 is 14.6 Å². The van der Waals surface area contributed by atoms with Crippen LogP contribution in [0.3, 0.4) is 0 Å². The molecular weight excluding hydrogens is 199 g/mol. The number of hydrogen-bond donors (Lipinski definition) is 4. The molecule has 0 saturated heterocycles. The first-order valence-corrected chi connectivity index (χ1v) is 5.43. The van der Waals surface area contributed by atoms with E-state index >= 15 is 0 Å². The normalized spacial score (nSPS) is 15.1. The fourth-order valence-electron chi connectivity index (χ4n) is 0.642. The van der Waals surface area contributed by atoms with Crippen molar-refractivity contribution in [2.45, 2.75) is 13.2 Å². The molecule has 0 aromatic heterocycles. The first-order chi connectivity index (χ1) is 6.04. The van der Waals surface area contributed by atoms with Gasteiger partial charge in [-0.25, -0.2) is 0 Å². The van der Waals surface area contributed by atoms with Gasteiger partial charge in [0.15, 0.2) is 0 Å². The average molecular weight is 214 g/mol. The van der Waals surface area contributed by atoms with Crippen LogP contribution in [-0.4, -0.2) is 35.9 Å². The Morgan fingerprint density at radius 3 is 2.77 bits per heavy atom. The van der Waals surface area contributed by atoms with Crippen LogP contribution in [-0.2, 0) is 13.8 Å². The van der Waals surface area contributed by atoms with Crippen LogP contribution in [0.4, 0.5) is 0 Å². The van der Waals surface area contributed by atoms with Crippen LogP contribution >= 0.6 is 8.09 Å². The summed E-state index contributed by atoms with van der Waals surface area (Å²) in [6.07, 6.45) is -0.761. The van der Waals surface area contributed by atoms with Gasteiger partial charge in [-0.1, -0.05) is 0 Å². The molecule has 5 N–H and O–H groups in total. The van der Waals surface area contributed by atoms with Gasteiger partial charge in [-0.05, 0) is 0 Å². The number of nitrogens with two attached hydrogens (primary N) is 1. The summed E-state index contributed by atoms with van der Waals surface area (Å²) >= 11 is 0. The van der Waals surface area contributed by atoms with Crippen molar-refractivity contribution in [2.75, 3.05) is 13.2 Å². The number of aliphatic hydroxyl groups is 1. The van der Waals surface area contributed by atoms with Gasteiger partial charge >= 0.3 is 75.5 Å². The molecule has 0 bridgehead atoms. The summed E-state index contributed by atoms with van der Waals surface area (Å²) in [6, 6.07) is 0. The molecular formula is C5H15N2O5P. The standard InChI is InChI=1S/C5H15N2O5P/c1-5(6)12-13(10,11-4-9)7-2-3-8/h4-5,7-8,10,13H,2-3,6H2,1H3. The van der Waals surface area contributed by atoms with E-state index in [1.54, 1.807) is 0 Å². The molecule has 1 unspecified atom stereocenters. The zero-order valence-electron chi connectivity index (χ0n) is 7.27. The Balaban J connectivity index is 4.06. The van der Waals surface area contributed by atoms with E-state index in [-0.39, 0.29) is 19.6 Å². The van der Waals surface area contributed by atoms with E-state index in [0.717, 1.165) is 0 Å². The molecule has 0 aliphatic carbocycles. The van der Waals surface area contributed by atoms with Crippen molar-refractivity contribution in [1.82, 2.24) is 5.09 Å². The first-order valence-electron chi connectivity index (χ1n) is 3.67. The van der Waals surface area contributed by atoms with Gasteiger partial charge in [0, 0.05) is 0 Å². The summed E-state index contributed by atoms with van der Waals surface area (Å²) in [5, 5.41) is 10.8. The maximum atomic E-state index is 9.99. The molecule has 0 saturated carbocycles. The van der Waals surface area contributed by atoms with E-state index in [9.17, 15) is 9.69 Å². The molecule has 13 heavy (non-hydrogen) atoms. The Morgan fingerprint density at radius 1 is 1.77 bits per heavy atom. The third kappa shape index (κ3) is 5.87. The number of rotatable bonds is 7. The second-order valence-electron chi connectivity index (χ2n) is 2.27. The Hall–Kier alpha value is -0.300. The van der Waals surface area contributed by atoms with Gasteiger partial charge < -0.3 is 0 Å². The minimum atomic E-state index is -3.74. The van der Waals surface area contributed by atoms with Crippen LogP contribution in [0.15, 0.2) is 0 Å². The van der Waals surface area contributed by atoms with Gasteiger partial charge in [-0.2, -0.15) is 0 Å². The van der Waals surface area contributed by atoms with Gasteiger partial charge in [0.1, 0.15) is 0 Å². The zero-order chi connectivity index (χ0) is 10.3. The number of carbonyl (C=O) groups is 1. The Bertz CT molecular complexity index is 158. The minimum absolute atomic E-state index is 0.0588. The van der Waals surface area contributed by atoms with E-state index in [1.165, 1.54) is 6.92 Å². The third-order valence-electron chi connectivity index (χ3n) is 1.01. The molecule has 0 fully saturated rings. The molecule has 0 aliphatic rings. The molecule has 0 amide bonds. The van der Waals surface area contributed by atoms with Crippen molar-refractivity contribution in [3.05, 3.63) is 0 Å². The van der Waals surface area contributed by atoms with Gasteiger partial charge in [0.25, 0.3) is 0 Å². The second-order valence-corrected chi connectivity index (χ2v) is 4.26. The SMILES string of the molecule is CC(N)O[PH](O)(NCCO)OC=O. The van der Waals surface area contributed by atoms with Crippen LogP contribution in [0.2, 0.25) is 0 Å². The van der Waals surface area contributed by atoms with Crippen molar-refractivity contribution < 1.29 is 23.8 Å². The Morgan fingerprint density at radius 2 is 2.38 bits per heavy atom. The van der Waals surface area contributed by atoms with Crippen LogP contribution in [0.1, 0.15) is 6.92 Å². The first kappa shape index (κ1) is 12.7. The van der Waals surface area contributed by atoms with Crippen molar-refractivity contribution in [2.24, 2.45) is 5.73 Å². The summed E-state index contributed by atoms with van der Waals surface area (Å²) in [4.78, 5) is 19.5. The van der Waals surface area contributed by atoms with Crippen molar-refractivity contribution in [1.29, 1.82) is 0 Å². The molecule has 80 valence electrons. The predicted molar refractivity (Wildman–Crippen MR) is 47.5 cm³/mol. The van der Waals surface area contributed by atoms with Crippen LogP contribution in [0.5, 0.6) is 0 Å². The van der Waals surface area contributed by atoms with E-state index in [2.05, 4.69) is 9.61 Å². The molecule has 0 spiro atoms. The molecule has 7 nitrogen and oxygen atoms in total. The van der Waals surface area contributed by atoms with Gasteiger partial charge in [0.2, 0.25) is 0 Å². The van der Waals surface area contributed by atoms with Crippen LogP contribution in [0.25, 0.3) is 0 Å². The summed E-state index contributed by atoms with van der Waals surface area (Å²) in [5.74, 6) is 0. The maximum absolute atomic E-state index is 9.99. The molecule has 8 heteroatoms. The van der Waals surface area contributed by atoms with E-state index in [4.69, 9.17) is 15.4 Å². The van der Waals surface area contributed by atoms with Crippen LogP contribution in [0, 0.1) is 0 Å². The number of carbonyl (C=O) groups excluding carboxylic acids is 1. The van der Waals surface area contributed by atoms with E-state index in [1.807, 2.05) is 0 Å². The van der Waals surface area contributed by atoms with Crippen LogP contribution < -0.4 is 10.8 Å². The van der Waals surface area contributed by atoms with Gasteiger partial charge in [-0.3, -0.25) is 0 Å². The molecule has 0 aliphatic heterocycles. The Kier molecular flexibility index (Phi) is 6.06. The molecule has 0 radical (unpaired) electrons. The number of nitrogens with one attached hydrogen (secondary N) is 1. The third-order valence-corrected chi connectivity index (χ3v) is 2.82. The molecule has 0 aromatic carbocycles. The summed E-state index contributed by atoms with van der Waals surface area (Å²) < 4.78 is 9.11. The summed E-state index contributed by atoms with van der Waals surface area (Å²) in [7, 11) is -3.74. The number of hydrogen-bond acceptors (Lipinski definition) is 7. The average Bonchev–Trinajstić information content (AvgIpc) is 2.00. The summed E-state index contributed by atoms with van der Waals surface area (Å²) in [6.45, 7) is 1.40. The fourth-order valence-corrected chi connectivity index (χ4v) is 1.93. The summed E-state index contributed by atoms with van der Waals surface area (Å²) in [5.41, 5.74) is 5.23.